The molecule has 4 rings (SSSR count). The SMILES string of the molecule is CC1C(O)CCC2=CC(=O)C3(C4(C)CO4)OC3C21C. The number of aliphatic hydroxyl groups excluding tert-OH is 1. The van der Waals surface area contributed by atoms with Gasteiger partial charge in [0.25, 0.3) is 0 Å². The smallest absolute Gasteiger partial charge is 0.193 e. The lowest BCUT2D eigenvalue weighted by molar-refractivity contribution is -0.122. The van der Waals surface area contributed by atoms with E-state index in [1.807, 2.05) is 6.92 Å². The standard InChI is InChI=1S/C15H20O4/c1-8-10(16)5-4-9-6-11(17)15(13(2)7-18-13)12(19-15)14(8,9)3/h6,8,10,12,16H,4-5,7H2,1-3H3. The van der Waals surface area contributed by atoms with Crippen molar-refractivity contribution in [3.8, 4) is 0 Å². The molecule has 0 aromatic heterocycles. The molecule has 4 heteroatoms. The van der Waals surface area contributed by atoms with E-state index < -0.39 is 11.2 Å². The van der Waals surface area contributed by atoms with Crippen molar-refractivity contribution in [3.63, 3.8) is 0 Å². The van der Waals surface area contributed by atoms with Crippen LogP contribution < -0.4 is 0 Å². The first-order valence-corrected chi connectivity index (χ1v) is 7.11. The van der Waals surface area contributed by atoms with Gasteiger partial charge in [-0.15, -0.1) is 0 Å². The van der Waals surface area contributed by atoms with Crippen molar-refractivity contribution in [2.45, 2.75) is 57.0 Å². The van der Waals surface area contributed by atoms with E-state index in [4.69, 9.17) is 9.47 Å². The normalized spacial score (nSPS) is 59.1. The molecule has 19 heavy (non-hydrogen) atoms. The van der Waals surface area contributed by atoms with Gasteiger partial charge >= 0.3 is 0 Å². The minimum atomic E-state index is -0.781. The summed E-state index contributed by atoms with van der Waals surface area (Å²) in [6, 6.07) is 0. The van der Waals surface area contributed by atoms with Gasteiger partial charge in [0, 0.05) is 5.41 Å². The fourth-order valence-electron chi connectivity index (χ4n) is 4.28. The first-order valence-electron chi connectivity index (χ1n) is 7.11. The molecular weight excluding hydrogens is 244 g/mol. The van der Waals surface area contributed by atoms with E-state index in [2.05, 4.69) is 13.8 Å². The van der Waals surface area contributed by atoms with Crippen LogP contribution in [0.1, 0.15) is 33.6 Å². The second-order valence-electron chi connectivity index (χ2n) is 6.96. The number of fused-ring (bicyclic) bond motifs is 3. The first kappa shape index (κ1) is 12.1. The summed E-state index contributed by atoms with van der Waals surface area (Å²) in [5.41, 5.74) is -0.323. The van der Waals surface area contributed by atoms with Crippen LogP contribution in [0.3, 0.4) is 0 Å². The average Bonchev–Trinajstić information content (AvgIpc) is 3.23. The third kappa shape index (κ3) is 1.15. The predicted octanol–water partition coefficient (Wildman–Crippen LogP) is 1.22. The summed E-state index contributed by atoms with van der Waals surface area (Å²) in [5, 5.41) is 10.2. The van der Waals surface area contributed by atoms with Crippen molar-refractivity contribution in [2.75, 3.05) is 6.61 Å². The van der Waals surface area contributed by atoms with E-state index in [1.165, 1.54) is 0 Å². The predicted molar refractivity (Wildman–Crippen MR) is 67.6 cm³/mol. The molecule has 6 atom stereocenters. The van der Waals surface area contributed by atoms with Gasteiger partial charge in [-0.1, -0.05) is 19.4 Å². The number of hydrogen-bond acceptors (Lipinski definition) is 4. The number of aliphatic hydroxyl groups is 1. The Kier molecular flexibility index (Phi) is 1.99. The molecule has 0 bridgehead atoms. The van der Waals surface area contributed by atoms with E-state index in [0.717, 1.165) is 18.4 Å². The summed E-state index contributed by atoms with van der Waals surface area (Å²) in [4.78, 5) is 12.5. The Morgan fingerprint density at radius 1 is 1.42 bits per heavy atom. The van der Waals surface area contributed by atoms with Gasteiger partial charge in [-0.3, -0.25) is 4.79 Å². The third-order valence-corrected chi connectivity index (χ3v) is 6.12. The van der Waals surface area contributed by atoms with E-state index >= 15 is 0 Å². The highest BCUT2D eigenvalue weighted by Crippen LogP contribution is 2.67. The highest BCUT2D eigenvalue weighted by atomic mass is 16.7. The van der Waals surface area contributed by atoms with Crippen molar-refractivity contribution in [2.24, 2.45) is 11.3 Å². The first-order chi connectivity index (χ1) is 8.86. The summed E-state index contributed by atoms with van der Waals surface area (Å²) < 4.78 is 11.5. The lowest BCUT2D eigenvalue weighted by atomic mass is 9.56. The molecule has 3 fully saturated rings. The number of rotatable bonds is 1. The lowest BCUT2D eigenvalue weighted by Crippen LogP contribution is -2.53. The van der Waals surface area contributed by atoms with Crippen LogP contribution in [0.2, 0.25) is 0 Å². The van der Waals surface area contributed by atoms with Crippen LogP contribution in [0.15, 0.2) is 11.6 Å². The summed E-state index contributed by atoms with van der Waals surface area (Å²) >= 11 is 0. The van der Waals surface area contributed by atoms with E-state index in [0.29, 0.717) is 6.61 Å². The van der Waals surface area contributed by atoms with Gasteiger partial charge in [0.15, 0.2) is 11.4 Å². The summed E-state index contributed by atoms with van der Waals surface area (Å²) in [6.07, 6.45) is 2.86. The van der Waals surface area contributed by atoms with Crippen LogP contribution >= 0.6 is 0 Å². The van der Waals surface area contributed by atoms with Crippen LogP contribution in [0, 0.1) is 11.3 Å². The molecule has 2 saturated heterocycles. The van der Waals surface area contributed by atoms with Gasteiger partial charge in [0.05, 0.1) is 12.7 Å². The third-order valence-electron chi connectivity index (χ3n) is 6.12. The molecule has 0 spiro atoms. The number of ketones is 1. The van der Waals surface area contributed by atoms with Gasteiger partial charge in [-0.05, 0) is 31.8 Å². The van der Waals surface area contributed by atoms with Crippen LogP contribution in [-0.4, -0.2) is 40.9 Å². The van der Waals surface area contributed by atoms with E-state index in [9.17, 15) is 9.90 Å². The fourth-order valence-corrected chi connectivity index (χ4v) is 4.28. The Morgan fingerprint density at radius 2 is 2.11 bits per heavy atom. The summed E-state index contributed by atoms with van der Waals surface area (Å²) in [6.45, 7) is 6.74. The van der Waals surface area contributed by atoms with Gasteiger partial charge in [-0.2, -0.15) is 0 Å². The van der Waals surface area contributed by atoms with E-state index in [-0.39, 0.29) is 29.3 Å². The maximum absolute atomic E-state index is 12.5. The van der Waals surface area contributed by atoms with Gasteiger partial charge < -0.3 is 14.6 Å². The van der Waals surface area contributed by atoms with Crippen molar-refractivity contribution in [3.05, 3.63) is 11.6 Å². The second kappa shape index (κ2) is 3.13. The van der Waals surface area contributed by atoms with Crippen LogP contribution in [-0.2, 0) is 14.3 Å². The average molecular weight is 264 g/mol. The van der Waals surface area contributed by atoms with E-state index in [1.54, 1.807) is 6.08 Å². The Bertz CT molecular complexity index is 506. The molecule has 2 aliphatic heterocycles. The Balaban J connectivity index is 1.82. The van der Waals surface area contributed by atoms with Gasteiger partial charge in [0.2, 0.25) is 0 Å². The molecule has 2 heterocycles. The zero-order valence-electron chi connectivity index (χ0n) is 11.6. The number of carbonyl (C=O) groups is 1. The molecule has 0 aromatic carbocycles. The van der Waals surface area contributed by atoms with Crippen LogP contribution in [0.4, 0.5) is 0 Å². The zero-order valence-corrected chi connectivity index (χ0v) is 11.6. The molecule has 0 amide bonds. The summed E-state index contributed by atoms with van der Waals surface area (Å²) in [7, 11) is 0. The largest absolute Gasteiger partial charge is 0.393 e. The molecule has 0 aromatic rings. The van der Waals surface area contributed by atoms with Crippen molar-refractivity contribution in [1.29, 1.82) is 0 Å². The highest BCUT2D eigenvalue weighted by Gasteiger charge is 2.83. The maximum atomic E-state index is 12.5. The molecule has 6 unspecified atom stereocenters. The lowest BCUT2D eigenvalue weighted by Gasteiger charge is -2.46. The van der Waals surface area contributed by atoms with Gasteiger partial charge in [0.1, 0.15) is 11.7 Å². The molecule has 0 radical (unpaired) electrons. The Morgan fingerprint density at radius 3 is 2.74 bits per heavy atom. The van der Waals surface area contributed by atoms with Gasteiger partial charge in [-0.25, -0.2) is 0 Å². The Hall–Kier alpha value is -0.710. The highest BCUT2D eigenvalue weighted by molar-refractivity contribution is 6.03. The second-order valence-corrected chi connectivity index (χ2v) is 6.96. The zero-order chi connectivity index (χ0) is 13.6. The molecule has 2 aliphatic carbocycles. The fraction of sp³-hybridized carbons (Fsp3) is 0.800. The minimum absolute atomic E-state index is 0.0635. The maximum Gasteiger partial charge on any atom is 0.193 e. The number of carbonyl (C=O) groups excluding carboxylic acids is 1. The monoisotopic (exact) mass is 264 g/mol. The molecule has 4 nitrogen and oxygen atoms in total. The molecular formula is C15H20O4. The molecule has 4 aliphatic rings. The van der Waals surface area contributed by atoms with Crippen LogP contribution in [0.5, 0.6) is 0 Å². The van der Waals surface area contributed by atoms with Crippen molar-refractivity contribution >= 4 is 5.78 Å². The quantitative estimate of drug-likeness (QED) is 0.723. The topological polar surface area (TPSA) is 62.4 Å². The summed E-state index contributed by atoms with van der Waals surface area (Å²) in [5.74, 6) is 0.170. The number of hydrogen-bond donors (Lipinski definition) is 1. The molecule has 1 N–H and O–H groups in total. The van der Waals surface area contributed by atoms with Crippen molar-refractivity contribution in [1.82, 2.24) is 0 Å². The minimum Gasteiger partial charge on any atom is -0.393 e. The molecule has 1 saturated carbocycles. The molecule has 104 valence electrons. The number of ether oxygens (including phenoxy) is 2. The Labute approximate surface area is 112 Å². The van der Waals surface area contributed by atoms with Crippen LogP contribution in [0.25, 0.3) is 0 Å². The van der Waals surface area contributed by atoms with Crippen molar-refractivity contribution < 1.29 is 19.4 Å². The number of epoxide rings is 2.